The third-order valence-electron chi connectivity index (χ3n) is 2.65. The van der Waals surface area contributed by atoms with Gasteiger partial charge in [-0.25, -0.2) is 9.59 Å². The molecule has 7 N–H and O–H groups in total. The number of anilines is 1. The van der Waals surface area contributed by atoms with E-state index in [1.165, 1.54) is 0 Å². The lowest BCUT2D eigenvalue weighted by molar-refractivity contribution is -0.134. The number of guanidine groups is 1. The summed E-state index contributed by atoms with van der Waals surface area (Å²) in [6, 6.07) is 1.83. The van der Waals surface area contributed by atoms with Crippen molar-refractivity contribution >= 4 is 29.6 Å². The van der Waals surface area contributed by atoms with Gasteiger partial charge in [0, 0.05) is 43.9 Å². The number of aliphatic carboxylic acids is 2. The molecule has 0 fully saturated rings. The molecule has 0 atom stereocenters. The molecule has 0 bridgehead atoms. The number of carbonyl (C=O) groups is 3. The van der Waals surface area contributed by atoms with Gasteiger partial charge in [-0.05, 0) is 19.8 Å². The molecule has 0 unspecified atom stereocenters. The third kappa shape index (κ3) is 13.1. The molecule has 26 heavy (non-hydrogen) atoms. The topological polar surface area (TPSA) is 186 Å². The molecule has 0 spiro atoms. The Hall–Kier alpha value is -3.37. The molecule has 1 aromatic heterocycles. The minimum atomic E-state index is -1.26. The van der Waals surface area contributed by atoms with E-state index in [2.05, 4.69) is 15.4 Å². The van der Waals surface area contributed by atoms with Crippen LogP contribution in [0, 0.1) is 0 Å². The second-order valence-electron chi connectivity index (χ2n) is 4.88. The Morgan fingerprint density at radius 1 is 1.23 bits per heavy atom. The Morgan fingerprint density at radius 3 is 2.35 bits per heavy atom. The summed E-state index contributed by atoms with van der Waals surface area (Å²) in [5, 5.41) is 22.8. The number of carbonyl (C=O) groups excluding carboxylic acids is 1. The molecule has 1 amide bonds. The van der Waals surface area contributed by atoms with E-state index >= 15 is 0 Å². The largest absolute Gasteiger partial charge is 0.478 e. The molecule has 0 saturated carbocycles. The number of nitrogens with zero attached hydrogens (tertiary/aromatic N) is 3. The van der Waals surface area contributed by atoms with Gasteiger partial charge in [0.05, 0.1) is 0 Å². The van der Waals surface area contributed by atoms with Gasteiger partial charge in [-0.2, -0.15) is 5.10 Å². The van der Waals surface area contributed by atoms with Crippen LogP contribution in [0.25, 0.3) is 0 Å². The first-order valence-electron chi connectivity index (χ1n) is 7.77. The number of rotatable bonds is 9. The van der Waals surface area contributed by atoms with E-state index in [9.17, 15) is 14.4 Å². The van der Waals surface area contributed by atoms with Gasteiger partial charge in [0.15, 0.2) is 11.8 Å². The summed E-state index contributed by atoms with van der Waals surface area (Å²) in [6.07, 6.45) is 5.03. The number of nitrogens with one attached hydrogen (secondary N) is 1. The van der Waals surface area contributed by atoms with Crippen molar-refractivity contribution in [2.75, 3.05) is 11.9 Å². The Balaban J connectivity index is 0.000000660. The molecule has 11 nitrogen and oxygen atoms in total. The summed E-state index contributed by atoms with van der Waals surface area (Å²) in [5.74, 6) is -1.75. The van der Waals surface area contributed by atoms with Gasteiger partial charge in [-0.3, -0.25) is 14.5 Å². The fourth-order valence-corrected chi connectivity index (χ4v) is 1.61. The quantitative estimate of drug-likeness (QED) is 0.174. The molecule has 1 heterocycles. The zero-order valence-corrected chi connectivity index (χ0v) is 14.5. The smallest absolute Gasteiger partial charge is 0.328 e. The fraction of sp³-hybridized carbons (Fsp3) is 0.400. The second-order valence-corrected chi connectivity index (χ2v) is 4.88. The maximum absolute atomic E-state index is 10.6. The average Bonchev–Trinajstić information content (AvgIpc) is 2.97. The van der Waals surface area contributed by atoms with Crippen LogP contribution in [0.3, 0.4) is 0 Å². The fourth-order valence-electron chi connectivity index (χ4n) is 1.61. The van der Waals surface area contributed by atoms with Crippen LogP contribution < -0.4 is 16.8 Å². The van der Waals surface area contributed by atoms with Gasteiger partial charge in [0.25, 0.3) is 0 Å². The number of aryl methyl sites for hydroxylation is 1. The highest BCUT2D eigenvalue weighted by molar-refractivity contribution is 5.91. The van der Waals surface area contributed by atoms with Gasteiger partial charge in [0.2, 0.25) is 5.91 Å². The van der Waals surface area contributed by atoms with E-state index in [-0.39, 0.29) is 5.91 Å². The molecule has 1 aromatic rings. The van der Waals surface area contributed by atoms with E-state index in [1.54, 1.807) is 4.68 Å². The number of primary amides is 1. The summed E-state index contributed by atoms with van der Waals surface area (Å²) < 4.78 is 1.79. The molecule has 0 aliphatic rings. The van der Waals surface area contributed by atoms with Gasteiger partial charge in [0.1, 0.15) is 0 Å². The summed E-state index contributed by atoms with van der Waals surface area (Å²) >= 11 is 0. The molecule has 0 aliphatic carbocycles. The second kappa shape index (κ2) is 13.0. The van der Waals surface area contributed by atoms with E-state index in [0.29, 0.717) is 36.9 Å². The van der Waals surface area contributed by atoms with Gasteiger partial charge >= 0.3 is 11.9 Å². The molecular formula is C15H24N6O5. The molecule has 0 aromatic carbocycles. The van der Waals surface area contributed by atoms with Crippen molar-refractivity contribution in [1.82, 2.24) is 9.78 Å². The van der Waals surface area contributed by atoms with Crippen LogP contribution in [0.15, 0.2) is 29.4 Å². The standard InChI is InChI=1S/C11H20N6O.C4H4O4/c1-2-14-11(13)15-10-6-8-17(16-10)7-4-3-5-9(12)18;5-3(6)1-2-4(7)8/h6,8H,2-5,7H2,1H3,(H2,12,18)(H3,13,14,15,16);1-2H,(H,5,6)(H,7,8)/b;2-1-. The van der Waals surface area contributed by atoms with Crippen molar-refractivity contribution in [3.63, 3.8) is 0 Å². The first-order valence-corrected chi connectivity index (χ1v) is 7.77. The highest BCUT2D eigenvalue weighted by Crippen LogP contribution is 2.04. The van der Waals surface area contributed by atoms with Gasteiger partial charge in [-0.15, -0.1) is 0 Å². The number of unbranched alkanes of at least 4 members (excludes halogenated alkanes) is 1. The van der Waals surface area contributed by atoms with Crippen LogP contribution in [-0.4, -0.2) is 50.3 Å². The number of carboxylic acid groups (broad SMARTS) is 2. The Bertz CT molecular complexity index is 637. The number of hydrogen-bond donors (Lipinski definition) is 5. The molecule has 0 aliphatic heterocycles. The highest BCUT2D eigenvalue weighted by atomic mass is 16.4. The molecule has 1 rings (SSSR count). The van der Waals surface area contributed by atoms with Crippen LogP contribution in [0.1, 0.15) is 26.2 Å². The number of aliphatic imine (C=N–C) groups is 1. The molecule has 11 heteroatoms. The monoisotopic (exact) mass is 368 g/mol. The van der Waals surface area contributed by atoms with Crippen molar-refractivity contribution in [2.24, 2.45) is 16.5 Å². The zero-order valence-electron chi connectivity index (χ0n) is 14.5. The van der Waals surface area contributed by atoms with Crippen LogP contribution in [0.5, 0.6) is 0 Å². The van der Waals surface area contributed by atoms with Crippen molar-refractivity contribution in [2.45, 2.75) is 32.7 Å². The zero-order chi connectivity index (χ0) is 19.9. The average molecular weight is 368 g/mol. The maximum atomic E-state index is 10.6. The first kappa shape index (κ1) is 22.6. The normalized spacial score (nSPS) is 10.9. The van der Waals surface area contributed by atoms with E-state index < -0.39 is 11.9 Å². The number of amides is 1. The van der Waals surface area contributed by atoms with E-state index in [1.807, 2.05) is 19.2 Å². The Morgan fingerprint density at radius 2 is 1.85 bits per heavy atom. The lowest BCUT2D eigenvalue weighted by Gasteiger charge is -2.02. The van der Waals surface area contributed by atoms with Crippen molar-refractivity contribution in [1.29, 1.82) is 0 Å². The highest BCUT2D eigenvalue weighted by Gasteiger charge is 2.00. The number of hydrogen-bond acceptors (Lipinski definition) is 5. The number of aromatic nitrogens is 2. The van der Waals surface area contributed by atoms with Gasteiger partial charge in [-0.1, -0.05) is 0 Å². The van der Waals surface area contributed by atoms with Crippen LogP contribution in [0.4, 0.5) is 5.82 Å². The van der Waals surface area contributed by atoms with Crippen LogP contribution in [0.2, 0.25) is 0 Å². The first-order chi connectivity index (χ1) is 12.2. The van der Waals surface area contributed by atoms with Gasteiger partial charge < -0.3 is 27.0 Å². The van der Waals surface area contributed by atoms with Crippen molar-refractivity contribution < 1.29 is 24.6 Å². The molecule has 144 valence electrons. The van der Waals surface area contributed by atoms with E-state index in [0.717, 1.165) is 19.4 Å². The van der Waals surface area contributed by atoms with Crippen LogP contribution >= 0.6 is 0 Å². The predicted molar refractivity (Wildman–Crippen MR) is 95.5 cm³/mol. The predicted octanol–water partition coefficient (Wildman–Crippen LogP) is -0.00300. The number of carboxylic acids is 2. The van der Waals surface area contributed by atoms with E-state index in [4.69, 9.17) is 21.7 Å². The summed E-state index contributed by atoms with van der Waals surface area (Å²) in [5.41, 5.74) is 10.7. The molecule has 0 saturated heterocycles. The minimum Gasteiger partial charge on any atom is -0.478 e. The summed E-state index contributed by atoms with van der Waals surface area (Å²) in [7, 11) is 0. The maximum Gasteiger partial charge on any atom is 0.328 e. The van der Waals surface area contributed by atoms with Crippen molar-refractivity contribution in [3.8, 4) is 0 Å². The lowest BCUT2D eigenvalue weighted by Crippen LogP contribution is -2.23. The van der Waals surface area contributed by atoms with Crippen LogP contribution in [-0.2, 0) is 20.9 Å². The summed E-state index contributed by atoms with van der Waals surface area (Å²) in [6.45, 7) is 3.29. The Labute approximate surface area is 150 Å². The summed E-state index contributed by atoms with van der Waals surface area (Å²) in [4.78, 5) is 33.7. The third-order valence-corrected chi connectivity index (χ3v) is 2.65. The molecule has 0 radical (unpaired) electrons. The molecular weight excluding hydrogens is 344 g/mol. The minimum absolute atomic E-state index is 0.263. The SMILES string of the molecule is CCN=C(N)Nc1ccn(CCCCC(N)=O)n1.O=C(O)/C=C\C(=O)O. The lowest BCUT2D eigenvalue weighted by atomic mass is 10.2. The Kier molecular flexibility index (Phi) is 11.3. The van der Waals surface area contributed by atoms with Crippen molar-refractivity contribution in [3.05, 3.63) is 24.4 Å². The number of nitrogens with two attached hydrogens (primary N) is 2.